The molecule has 1 aliphatic rings. The Balaban J connectivity index is 2.27. The van der Waals surface area contributed by atoms with E-state index in [0.717, 1.165) is 32.5 Å². The molecule has 3 rings (SSSR count). The number of aliphatic imine (C=N–C) groups is 2. The molecule has 92 heavy (non-hydrogen) atoms. The number of benzene rings is 2. The summed E-state index contributed by atoms with van der Waals surface area (Å²) in [5.41, 5.74) is 33.0. The number of carbonyl (C=O) groups excluding carboxylic acids is 13. The maximum Gasteiger partial charge on any atom is 0.245 e. The molecule has 26 N–H and O–H groups in total. The van der Waals surface area contributed by atoms with Gasteiger partial charge in [-0.3, -0.25) is 67.5 Å². The number of aromatic hydroxyl groups is 2. The molecule has 1 heterocycles. The Hall–Kier alpha value is -9.56. The molecular weight excluding hydrogens is 1230 g/mol. The number of nitrogens with one attached hydrogen (secondary N) is 11. The number of nitrogens with two attached hydrogens (primary N) is 5. The van der Waals surface area contributed by atoms with E-state index in [9.17, 15) is 83.1 Å². The van der Waals surface area contributed by atoms with E-state index < -0.39 is 174 Å². The number of hydrazine groups is 1. The molecule has 1 saturated heterocycles. The highest BCUT2D eigenvalue weighted by atomic mass is 32.2. The highest BCUT2D eigenvalue weighted by molar-refractivity contribution is 8.00. The number of ketones is 2. The van der Waals surface area contributed by atoms with Crippen LogP contribution in [-0.4, -0.2) is 225 Å². The van der Waals surface area contributed by atoms with Gasteiger partial charge in [-0.05, 0) is 81.8 Å². The first-order chi connectivity index (χ1) is 43.4. The molecule has 1 fully saturated rings. The van der Waals surface area contributed by atoms with Crippen molar-refractivity contribution in [1.29, 1.82) is 0 Å². The van der Waals surface area contributed by atoms with E-state index >= 15 is 4.79 Å². The summed E-state index contributed by atoms with van der Waals surface area (Å²) in [7, 11) is 0. The van der Waals surface area contributed by atoms with Crippen LogP contribution in [0.4, 0.5) is 0 Å². The number of primary amides is 1. The molecular formula is C55H82N18O18S. The van der Waals surface area contributed by atoms with Crippen LogP contribution in [0.15, 0.2) is 58.5 Å². The summed E-state index contributed by atoms with van der Waals surface area (Å²) in [4.78, 5) is 186. The zero-order valence-electron chi connectivity index (χ0n) is 50.5. The minimum atomic E-state index is -2.11. The number of phenolic OH excluding ortho intramolecular Hbond substituents is 2. The number of phenols is 2. The number of hydrogen-bond donors (Lipinski definition) is 21. The number of Topliss-reactive ketones (excluding diaryl/α,β-unsaturated/α-hetero) is 2. The summed E-state index contributed by atoms with van der Waals surface area (Å²) >= 11 is 0.727. The van der Waals surface area contributed by atoms with Crippen molar-refractivity contribution in [2.75, 3.05) is 37.7 Å². The van der Waals surface area contributed by atoms with Crippen molar-refractivity contribution in [3.05, 3.63) is 59.7 Å². The Morgan fingerprint density at radius 2 is 1.10 bits per heavy atom. The smallest absolute Gasteiger partial charge is 0.245 e. The standard InChI is InChI=1S/C55H82N18O18S/c1-26(75)42-46(84)45(83)33(6-4-16-62-54(57)58)72-73-37(22-40(81)65-38(24-92-25-39(56)80)51(89)70-43(27(2)76)53(91)71-44(28(3)77)52(90)69-42)50(88)68-36(21-30-10-14-32(79)15-11-30)49(87)67-35(20-29-8-12-31(78)13-9-29)48(86)66-34(7-5-17-63-55(59)60)47(85)64-23-41(82)61-18-19-74/h8-15,19,26-28,33-38,42-44,72-73,75-79H,4-7,16-18,20-25H2,1-3H3,(H2,56,80)(H,61,82)(H,64,85)(H,65,81)(H,66,86)(H,67,87)(H,68,88)(H,69,90)(H,70,89)(H,71,91)(H4,57,58,62)(H4,59,60,63)/t26-,27-,28-,33+,34+,35?,36+,37+,38?,42+,43+,44+/m1/s1. The molecule has 0 aromatic heterocycles. The van der Waals surface area contributed by atoms with Crippen molar-refractivity contribution in [3.63, 3.8) is 0 Å². The van der Waals surface area contributed by atoms with Crippen LogP contribution >= 0.6 is 11.8 Å². The first-order valence-corrected chi connectivity index (χ1v) is 29.8. The topological polar surface area (TPSA) is 610 Å². The van der Waals surface area contributed by atoms with Crippen molar-refractivity contribution >= 4 is 101 Å². The minimum absolute atomic E-state index is 0.0267. The molecule has 1 aliphatic heterocycles. The summed E-state index contributed by atoms with van der Waals surface area (Å²) in [5, 5.41) is 73.7. The van der Waals surface area contributed by atoms with E-state index in [1.165, 1.54) is 48.5 Å². The van der Waals surface area contributed by atoms with Crippen molar-refractivity contribution in [1.82, 2.24) is 58.7 Å². The minimum Gasteiger partial charge on any atom is -0.508 e. The van der Waals surface area contributed by atoms with Gasteiger partial charge in [-0.1, -0.05) is 24.3 Å². The normalized spacial score (nSPS) is 20.5. The Morgan fingerprint density at radius 3 is 1.60 bits per heavy atom. The lowest BCUT2D eigenvalue weighted by Gasteiger charge is -2.29. The molecule has 0 spiro atoms. The molecule has 37 heteroatoms. The van der Waals surface area contributed by atoms with Crippen LogP contribution in [-0.2, 0) is 75.2 Å². The van der Waals surface area contributed by atoms with Gasteiger partial charge in [0.2, 0.25) is 70.6 Å². The van der Waals surface area contributed by atoms with E-state index in [1.54, 1.807) is 0 Å². The number of aliphatic hydroxyl groups is 3. The van der Waals surface area contributed by atoms with Gasteiger partial charge >= 0.3 is 0 Å². The summed E-state index contributed by atoms with van der Waals surface area (Å²) in [6.45, 7) is 1.93. The number of guanidine groups is 2. The number of hydrogen-bond acceptors (Lipinski definition) is 23. The van der Waals surface area contributed by atoms with E-state index in [2.05, 4.69) is 68.7 Å². The second kappa shape index (κ2) is 38.9. The van der Waals surface area contributed by atoms with E-state index in [4.69, 9.17) is 28.7 Å². The molecule has 0 radical (unpaired) electrons. The third kappa shape index (κ3) is 27.3. The SMILES string of the molecule is C[C@@H](O)[C@@H]1NC(=O)C(CSCC(N)=O)NC(=O)C[C@@H](C(=O)N[C@@H](Cc2ccc(O)cc2)C(=O)NC(Cc2ccc(O)cc2)C(=O)N[C@@H](CCCN=C(N)N)C(=O)NCC(=O)NCC=O)NN[C@@H](CCCN=C(N)N)C(=O)C(=O)[C@H]([C@@H](C)O)NC(=O)[C@H]([C@@H](C)O)NC1=O. The van der Waals surface area contributed by atoms with E-state index in [1.807, 2.05) is 0 Å². The second-order valence-corrected chi connectivity index (χ2v) is 22.1. The first-order valence-electron chi connectivity index (χ1n) is 28.7. The molecule has 36 nitrogen and oxygen atoms in total. The average molecular weight is 1320 g/mol. The molecule has 2 unspecified atom stereocenters. The van der Waals surface area contributed by atoms with Crippen molar-refractivity contribution < 1.29 is 87.9 Å². The predicted molar refractivity (Wildman–Crippen MR) is 329 cm³/mol. The number of aldehydes is 1. The van der Waals surface area contributed by atoms with E-state index in [-0.39, 0.29) is 80.7 Å². The fourth-order valence-electron chi connectivity index (χ4n) is 8.61. The maximum atomic E-state index is 15.0. The van der Waals surface area contributed by atoms with Gasteiger partial charge in [-0.15, -0.1) is 11.8 Å². The fourth-order valence-corrected chi connectivity index (χ4v) is 9.40. The Morgan fingerprint density at radius 1 is 0.609 bits per heavy atom. The van der Waals surface area contributed by atoms with Gasteiger partial charge < -0.3 is 107 Å². The monoisotopic (exact) mass is 1310 g/mol. The lowest BCUT2D eigenvalue weighted by atomic mass is 9.96. The van der Waals surface area contributed by atoms with Gasteiger partial charge in [0, 0.05) is 31.7 Å². The van der Waals surface area contributed by atoms with Crippen molar-refractivity contribution in [3.8, 4) is 11.5 Å². The summed E-state index contributed by atoms with van der Waals surface area (Å²) in [6, 6.07) is -5.88. The molecule has 10 amide bonds. The zero-order valence-corrected chi connectivity index (χ0v) is 51.4. The zero-order chi connectivity index (χ0) is 68.8. The Labute approximate surface area is 531 Å². The molecule has 506 valence electrons. The van der Waals surface area contributed by atoms with Crippen molar-refractivity contribution in [2.45, 2.75) is 138 Å². The van der Waals surface area contributed by atoms with Gasteiger partial charge in [0.25, 0.3) is 0 Å². The lowest BCUT2D eigenvalue weighted by Crippen LogP contribution is -2.63. The molecule has 0 aliphatic carbocycles. The number of rotatable bonds is 30. The van der Waals surface area contributed by atoms with Crippen LogP contribution in [0.3, 0.4) is 0 Å². The van der Waals surface area contributed by atoms with Gasteiger partial charge in [0.15, 0.2) is 11.9 Å². The highest BCUT2D eigenvalue weighted by Gasteiger charge is 2.40. The van der Waals surface area contributed by atoms with Gasteiger partial charge in [0.1, 0.15) is 66.1 Å². The Kier molecular flexibility index (Phi) is 32.4. The van der Waals surface area contributed by atoms with Crippen LogP contribution in [0, 0.1) is 0 Å². The number of carbonyl (C=O) groups is 13. The van der Waals surface area contributed by atoms with Gasteiger partial charge in [-0.2, -0.15) is 0 Å². The molecule has 2 aromatic rings. The summed E-state index contributed by atoms with van der Waals surface area (Å²) in [6.07, 6.45) is -7.47. The number of aliphatic hydroxyl groups excluding tert-OH is 3. The van der Waals surface area contributed by atoms with Crippen LogP contribution in [0.5, 0.6) is 11.5 Å². The third-order valence-corrected chi connectivity index (χ3v) is 14.5. The quantitative estimate of drug-likeness (QED) is 0.0114. The highest BCUT2D eigenvalue weighted by Crippen LogP contribution is 2.16. The summed E-state index contributed by atoms with van der Waals surface area (Å²) in [5.74, 6) is -15.7. The Bertz CT molecular complexity index is 2970. The molecule has 12 atom stereocenters. The number of amides is 10. The van der Waals surface area contributed by atoms with Crippen LogP contribution in [0.1, 0.15) is 64.0 Å². The van der Waals surface area contributed by atoms with Crippen LogP contribution < -0.4 is 87.4 Å². The summed E-state index contributed by atoms with van der Waals surface area (Å²) < 4.78 is 0. The van der Waals surface area contributed by atoms with Crippen LogP contribution in [0.2, 0.25) is 0 Å². The molecule has 0 bridgehead atoms. The van der Waals surface area contributed by atoms with Gasteiger partial charge in [0.05, 0.1) is 49.6 Å². The first kappa shape index (κ1) is 76.7. The number of thioether (sulfide) groups is 1. The predicted octanol–water partition coefficient (Wildman–Crippen LogP) is -9.45. The second-order valence-electron chi connectivity index (χ2n) is 21.1. The van der Waals surface area contributed by atoms with E-state index in [0.29, 0.717) is 11.8 Å². The lowest BCUT2D eigenvalue weighted by molar-refractivity contribution is -0.143. The molecule has 2 aromatic carbocycles. The fraction of sp³-hybridized carbons (Fsp3) is 0.509. The van der Waals surface area contributed by atoms with Gasteiger partial charge in [-0.25, -0.2) is 10.9 Å². The third-order valence-electron chi connectivity index (χ3n) is 13.4. The number of nitrogens with zero attached hydrogens (tertiary/aromatic N) is 2. The molecule has 0 saturated carbocycles. The largest absolute Gasteiger partial charge is 0.508 e. The maximum absolute atomic E-state index is 15.0. The van der Waals surface area contributed by atoms with Crippen LogP contribution in [0.25, 0.3) is 0 Å². The average Bonchev–Trinajstić information content (AvgIpc) is 1.36. The van der Waals surface area contributed by atoms with Crippen molar-refractivity contribution in [2.24, 2.45) is 38.7 Å².